The summed E-state index contributed by atoms with van der Waals surface area (Å²) in [7, 11) is 0. The van der Waals surface area contributed by atoms with Crippen LogP contribution in [0.2, 0.25) is 10.0 Å². The molecular weight excluding hydrogens is 391 g/mol. The lowest BCUT2D eigenvalue weighted by Gasteiger charge is -2.14. The minimum Gasteiger partial charge on any atom is -0.451 e. The predicted octanol–water partition coefficient (Wildman–Crippen LogP) is 3.60. The second-order valence-electron chi connectivity index (χ2n) is 5.83. The van der Waals surface area contributed by atoms with Crippen LogP contribution >= 0.6 is 23.2 Å². The molecule has 2 aromatic carbocycles. The number of rotatable bonds is 6. The maximum atomic E-state index is 12.1. The van der Waals surface area contributed by atoms with Crippen molar-refractivity contribution in [2.75, 3.05) is 11.9 Å². The van der Waals surface area contributed by atoms with Gasteiger partial charge in [0.2, 0.25) is 0 Å². The number of nitrogens with one attached hydrogen (secondary N) is 2. The number of esters is 1. The van der Waals surface area contributed by atoms with Crippen molar-refractivity contribution >= 4 is 46.7 Å². The Morgan fingerprint density at radius 3 is 2.37 bits per heavy atom. The summed E-state index contributed by atoms with van der Waals surface area (Å²) in [6, 6.07) is 11.5. The second-order valence-corrected chi connectivity index (χ2v) is 6.70. The van der Waals surface area contributed by atoms with Crippen LogP contribution in [-0.2, 0) is 14.3 Å². The van der Waals surface area contributed by atoms with Crippen molar-refractivity contribution in [3.05, 3.63) is 63.6 Å². The molecule has 0 bridgehead atoms. The van der Waals surface area contributed by atoms with E-state index in [1.54, 1.807) is 18.2 Å². The van der Waals surface area contributed by atoms with Gasteiger partial charge in [-0.2, -0.15) is 0 Å². The summed E-state index contributed by atoms with van der Waals surface area (Å²) in [4.78, 5) is 36.0. The molecule has 0 aromatic heterocycles. The van der Waals surface area contributed by atoms with Crippen molar-refractivity contribution < 1.29 is 19.1 Å². The second kappa shape index (κ2) is 9.39. The largest absolute Gasteiger partial charge is 0.451 e. The Morgan fingerprint density at radius 1 is 1.07 bits per heavy atom. The molecule has 6 nitrogen and oxygen atoms in total. The molecule has 0 fully saturated rings. The molecular formula is C19H18Cl2N2O4. The Bertz CT molecular complexity index is 850. The number of hydrogen-bond acceptors (Lipinski definition) is 4. The van der Waals surface area contributed by atoms with E-state index in [0.717, 1.165) is 5.56 Å². The van der Waals surface area contributed by atoms with Gasteiger partial charge in [0.15, 0.2) is 6.10 Å². The standard InChI is InChI=1S/C19H18Cl2N2O4/c1-11-4-3-5-13(6-11)19(26)22-10-17(24)27-12(2)18(25)23-16-8-14(20)7-15(21)9-16/h3-9,12H,10H2,1-2H3,(H,22,26)(H,23,25)/t12-/m0/s1. The zero-order valence-electron chi connectivity index (χ0n) is 14.7. The summed E-state index contributed by atoms with van der Waals surface area (Å²) in [6.45, 7) is 2.92. The van der Waals surface area contributed by atoms with E-state index in [1.165, 1.54) is 25.1 Å². The summed E-state index contributed by atoms with van der Waals surface area (Å²) < 4.78 is 5.02. The molecule has 0 aliphatic carbocycles. The Labute approximate surface area is 166 Å². The number of carbonyl (C=O) groups is 3. The highest BCUT2D eigenvalue weighted by Crippen LogP contribution is 2.22. The van der Waals surface area contributed by atoms with Gasteiger partial charge in [-0.05, 0) is 44.2 Å². The number of aryl methyl sites for hydroxylation is 1. The Balaban J connectivity index is 1.83. The van der Waals surface area contributed by atoms with Crippen LogP contribution in [0.3, 0.4) is 0 Å². The average molecular weight is 409 g/mol. The summed E-state index contributed by atoms with van der Waals surface area (Å²) in [5.41, 5.74) is 1.75. The van der Waals surface area contributed by atoms with Crippen molar-refractivity contribution in [2.45, 2.75) is 20.0 Å². The minimum absolute atomic E-state index is 0.354. The number of ether oxygens (including phenoxy) is 1. The first kappa shape index (κ1) is 20.7. The van der Waals surface area contributed by atoms with Gasteiger partial charge in [0, 0.05) is 21.3 Å². The normalized spacial score (nSPS) is 11.4. The molecule has 2 amide bonds. The molecule has 8 heteroatoms. The summed E-state index contributed by atoms with van der Waals surface area (Å²) in [5.74, 6) is -1.68. The van der Waals surface area contributed by atoms with Crippen LogP contribution in [-0.4, -0.2) is 30.4 Å². The number of carbonyl (C=O) groups excluding carboxylic acids is 3. The van der Waals surface area contributed by atoms with Crippen molar-refractivity contribution in [3.63, 3.8) is 0 Å². The van der Waals surface area contributed by atoms with Crippen molar-refractivity contribution in [1.82, 2.24) is 5.32 Å². The van der Waals surface area contributed by atoms with E-state index >= 15 is 0 Å². The average Bonchev–Trinajstić information content (AvgIpc) is 2.58. The van der Waals surface area contributed by atoms with Crippen LogP contribution in [0.5, 0.6) is 0 Å². The van der Waals surface area contributed by atoms with Gasteiger partial charge >= 0.3 is 5.97 Å². The van der Waals surface area contributed by atoms with Crippen molar-refractivity contribution in [3.8, 4) is 0 Å². The molecule has 0 heterocycles. The number of anilines is 1. The number of benzene rings is 2. The molecule has 0 saturated heterocycles. The molecule has 142 valence electrons. The molecule has 2 aromatic rings. The quantitative estimate of drug-likeness (QED) is 0.714. The van der Waals surface area contributed by atoms with Gasteiger partial charge in [-0.15, -0.1) is 0 Å². The SMILES string of the molecule is Cc1cccc(C(=O)NCC(=O)O[C@@H](C)C(=O)Nc2cc(Cl)cc(Cl)c2)c1. The fraction of sp³-hybridized carbons (Fsp3) is 0.211. The van der Waals surface area contributed by atoms with Crippen LogP contribution < -0.4 is 10.6 Å². The Kier molecular flexibility index (Phi) is 7.21. The molecule has 1 atom stereocenters. The van der Waals surface area contributed by atoms with Gasteiger partial charge in [-0.1, -0.05) is 40.9 Å². The number of halogens is 2. The van der Waals surface area contributed by atoms with Crippen LogP contribution in [0, 0.1) is 6.92 Å². The van der Waals surface area contributed by atoms with Crippen molar-refractivity contribution in [2.24, 2.45) is 0 Å². The highest BCUT2D eigenvalue weighted by molar-refractivity contribution is 6.35. The molecule has 2 N–H and O–H groups in total. The van der Waals surface area contributed by atoms with E-state index < -0.39 is 23.9 Å². The van der Waals surface area contributed by atoms with Gasteiger partial charge in [0.05, 0.1) is 0 Å². The van der Waals surface area contributed by atoms with Gasteiger partial charge in [-0.25, -0.2) is 0 Å². The molecule has 0 aliphatic heterocycles. The lowest BCUT2D eigenvalue weighted by Crippen LogP contribution is -2.35. The maximum absolute atomic E-state index is 12.1. The molecule has 0 aliphatic rings. The van der Waals surface area contributed by atoms with E-state index in [4.69, 9.17) is 27.9 Å². The van der Waals surface area contributed by atoms with E-state index in [-0.39, 0.29) is 6.54 Å². The fourth-order valence-corrected chi connectivity index (χ4v) is 2.73. The highest BCUT2D eigenvalue weighted by Gasteiger charge is 2.19. The van der Waals surface area contributed by atoms with Crippen LogP contribution in [0.15, 0.2) is 42.5 Å². The zero-order chi connectivity index (χ0) is 20.0. The first-order chi connectivity index (χ1) is 12.7. The van der Waals surface area contributed by atoms with Crippen LogP contribution in [0.1, 0.15) is 22.8 Å². The van der Waals surface area contributed by atoms with E-state index in [1.807, 2.05) is 13.0 Å². The minimum atomic E-state index is -1.06. The third-order valence-electron chi connectivity index (χ3n) is 3.48. The third kappa shape index (κ3) is 6.58. The third-order valence-corrected chi connectivity index (χ3v) is 3.92. The monoisotopic (exact) mass is 408 g/mol. The van der Waals surface area contributed by atoms with Crippen LogP contribution in [0.4, 0.5) is 5.69 Å². The number of hydrogen-bond donors (Lipinski definition) is 2. The van der Waals surface area contributed by atoms with Crippen LogP contribution in [0.25, 0.3) is 0 Å². The molecule has 2 rings (SSSR count). The van der Waals surface area contributed by atoms with Gasteiger partial charge in [0.1, 0.15) is 6.54 Å². The number of amides is 2. The molecule has 27 heavy (non-hydrogen) atoms. The predicted molar refractivity (Wildman–Crippen MR) is 104 cm³/mol. The summed E-state index contributed by atoms with van der Waals surface area (Å²) in [6.07, 6.45) is -1.06. The molecule has 0 radical (unpaired) electrons. The maximum Gasteiger partial charge on any atom is 0.326 e. The first-order valence-corrected chi connectivity index (χ1v) is 8.81. The lowest BCUT2D eigenvalue weighted by molar-refractivity contribution is -0.152. The highest BCUT2D eigenvalue weighted by atomic mass is 35.5. The molecule has 0 spiro atoms. The van der Waals surface area contributed by atoms with Gasteiger partial charge in [0.25, 0.3) is 11.8 Å². The topological polar surface area (TPSA) is 84.5 Å². The first-order valence-electron chi connectivity index (χ1n) is 8.06. The summed E-state index contributed by atoms with van der Waals surface area (Å²) in [5, 5.41) is 5.73. The Hall–Kier alpha value is -2.57. The molecule has 0 unspecified atom stereocenters. The van der Waals surface area contributed by atoms with E-state index in [2.05, 4.69) is 10.6 Å². The van der Waals surface area contributed by atoms with E-state index in [0.29, 0.717) is 21.3 Å². The smallest absolute Gasteiger partial charge is 0.326 e. The van der Waals surface area contributed by atoms with Crippen molar-refractivity contribution in [1.29, 1.82) is 0 Å². The summed E-state index contributed by atoms with van der Waals surface area (Å²) >= 11 is 11.7. The van der Waals surface area contributed by atoms with Gasteiger partial charge in [-0.3, -0.25) is 14.4 Å². The zero-order valence-corrected chi connectivity index (χ0v) is 16.2. The fourth-order valence-electron chi connectivity index (χ4n) is 2.20. The lowest BCUT2D eigenvalue weighted by atomic mass is 10.1. The Morgan fingerprint density at radius 2 is 1.74 bits per heavy atom. The van der Waals surface area contributed by atoms with Gasteiger partial charge < -0.3 is 15.4 Å². The van der Waals surface area contributed by atoms with E-state index in [9.17, 15) is 14.4 Å². The molecule has 0 saturated carbocycles.